The van der Waals surface area contributed by atoms with Crippen molar-refractivity contribution in [3.63, 3.8) is 0 Å². The minimum Gasteiger partial charge on any atom is -0.507 e. The van der Waals surface area contributed by atoms with E-state index >= 15 is 0 Å². The molecule has 6 nitrogen and oxygen atoms in total. The monoisotopic (exact) mass is 221 g/mol. The number of allylic oxidation sites excluding steroid dienone is 1. The smallest absolute Gasteiger partial charge is 0.254 e. The van der Waals surface area contributed by atoms with E-state index in [0.29, 0.717) is 0 Å². The Bertz CT molecular complexity index is 294. The maximum atomic E-state index is 9.86. The fourth-order valence-corrected chi connectivity index (χ4v) is 1.35. The molecule has 0 radical (unpaired) electrons. The van der Waals surface area contributed by atoms with Crippen LogP contribution in [0.4, 0.5) is 0 Å². The highest BCUT2D eigenvalue weighted by Gasteiger charge is 2.51. The van der Waals surface area contributed by atoms with Gasteiger partial charge in [0.15, 0.2) is 5.76 Å². The molecule has 1 aliphatic heterocycles. The van der Waals surface area contributed by atoms with E-state index in [-0.39, 0.29) is 12.5 Å². The summed E-state index contributed by atoms with van der Waals surface area (Å²) < 4.78 is 11.8. The molecule has 0 amide bonds. The van der Waals surface area contributed by atoms with Crippen LogP contribution in [0.25, 0.3) is 0 Å². The molecular formula is C9H16O6. The lowest BCUT2D eigenvalue weighted by atomic mass is 9.94. The summed E-state index contributed by atoms with van der Waals surface area (Å²) in [6.45, 7) is 0.667. The van der Waals surface area contributed by atoms with Gasteiger partial charge in [-0.1, -0.05) is 0 Å². The molecule has 88 valence electrons. The van der Waals surface area contributed by atoms with Crippen molar-refractivity contribution in [1.82, 2.24) is 0 Å². The Morgan fingerprint density at radius 2 is 2.07 bits per heavy atom. The summed E-state index contributed by atoms with van der Waals surface area (Å²) in [6.07, 6.45) is -4.84. The zero-order valence-electron chi connectivity index (χ0n) is 9.29. The van der Waals surface area contributed by atoms with Gasteiger partial charge in [-0.25, -0.2) is 0 Å². The van der Waals surface area contributed by atoms with Crippen molar-refractivity contribution < 1.29 is 31.6 Å². The summed E-state index contributed by atoms with van der Waals surface area (Å²) in [6, 6.07) is 0. The standard InChI is InChI=1S/C9H16O6/c1-4(2)7(12)9(14)8(13)6(11)5(10)3-15-9/h5-6,8,10-14H,3H2,1-2H3/t5-,6-,8+,9?/m1/s1/i1D. The zero-order chi connectivity index (χ0) is 12.5. The molecule has 15 heavy (non-hydrogen) atoms. The summed E-state index contributed by atoms with van der Waals surface area (Å²) in [7, 11) is 0. The molecule has 1 unspecified atom stereocenters. The van der Waals surface area contributed by atoms with E-state index in [1.54, 1.807) is 0 Å². The van der Waals surface area contributed by atoms with Crippen molar-refractivity contribution in [2.45, 2.75) is 37.9 Å². The van der Waals surface area contributed by atoms with Crippen LogP contribution in [0.3, 0.4) is 0 Å². The fourth-order valence-electron chi connectivity index (χ4n) is 1.35. The molecule has 6 heteroatoms. The molecule has 1 saturated heterocycles. The minimum absolute atomic E-state index is 0.102. The molecule has 0 spiro atoms. The number of rotatable bonds is 1. The van der Waals surface area contributed by atoms with Crippen molar-refractivity contribution >= 4 is 0 Å². The predicted molar refractivity (Wildman–Crippen MR) is 49.9 cm³/mol. The second-order valence-electron chi connectivity index (χ2n) is 3.64. The molecule has 1 rings (SSSR count). The highest BCUT2D eigenvalue weighted by atomic mass is 16.7. The summed E-state index contributed by atoms with van der Waals surface area (Å²) >= 11 is 0. The van der Waals surface area contributed by atoms with Gasteiger partial charge in [-0.15, -0.1) is 0 Å². The van der Waals surface area contributed by atoms with Gasteiger partial charge in [-0.05, 0) is 19.4 Å². The third-order valence-electron chi connectivity index (χ3n) is 2.34. The summed E-state index contributed by atoms with van der Waals surface area (Å²) in [5.74, 6) is -3.18. The van der Waals surface area contributed by atoms with Gasteiger partial charge in [0.1, 0.15) is 18.3 Å². The van der Waals surface area contributed by atoms with Crippen LogP contribution in [0, 0.1) is 0 Å². The lowest BCUT2D eigenvalue weighted by Gasteiger charge is -2.41. The molecule has 0 aliphatic carbocycles. The normalized spacial score (nSPS) is 44.6. The maximum absolute atomic E-state index is 9.86. The van der Waals surface area contributed by atoms with Crippen LogP contribution in [0.5, 0.6) is 0 Å². The first-order valence-electron chi connectivity index (χ1n) is 5.14. The number of hydrogen-bond donors (Lipinski definition) is 5. The van der Waals surface area contributed by atoms with Gasteiger partial charge in [-0.2, -0.15) is 0 Å². The van der Waals surface area contributed by atoms with Crippen LogP contribution in [0.1, 0.15) is 15.2 Å². The number of aliphatic hydroxyl groups is 5. The van der Waals surface area contributed by atoms with Crippen LogP contribution in [0.15, 0.2) is 11.3 Å². The third kappa shape index (κ3) is 1.99. The topological polar surface area (TPSA) is 110 Å². The summed E-state index contributed by atoms with van der Waals surface area (Å²) in [5.41, 5.74) is 0.102. The Hall–Kier alpha value is -0.660. The summed E-state index contributed by atoms with van der Waals surface area (Å²) in [4.78, 5) is 0. The molecule has 1 fully saturated rings. The van der Waals surface area contributed by atoms with E-state index in [1.165, 1.54) is 6.92 Å². The molecule has 1 aliphatic rings. The van der Waals surface area contributed by atoms with E-state index in [4.69, 9.17) is 6.11 Å². The molecule has 0 saturated carbocycles. The van der Waals surface area contributed by atoms with Gasteiger partial charge >= 0.3 is 0 Å². The highest BCUT2D eigenvalue weighted by Crippen LogP contribution is 2.30. The first-order chi connectivity index (χ1) is 7.34. The van der Waals surface area contributed by atoms with Gasteiger partial charge in [0.05, 0.1) is 6.61 Å². The minimum atomic E-state index is -2.47. The van der Waals surface area contributed by atoms with E-state index < -0.39 is 36.5 Å². The average Bonchev–Trinajstić information content (AvgIpc) is 2.29. The van der Waals surface area contributed by atoms with E-state index in [2.05, 4.69) is 0 Å². The molecule has 4 atom stereocenters. The van der Waals surface area contributed by atoms with Gasteiger partial charge in [0, 0.05) is 1.37 Å². The van der Waals surface area contributed by atoms with Crippen LogP contribution in [-0.4, -0.2) is 56.2 Å². The Labute approximate surface area is 88.5 Å². The number of aliphatic hydroxyl groups excluding tert-OH is 4. The third-order valence-corrected chi connectivity index (χ3v) is 2.34. The Balaban J connectivity index is 3.02. The van der Waals surface area contributed by atoms with Crippen LogP contribution in [-0.2, 0) is 4.74 Å². The van der Waals surface area contributed by atoms with Gasteiger partial charge < -0.3 is 30.3 Å². The SMILES string of the molecule is [2H]CC(C)=C(O)C1(O)OC[C@@H](O)[C@@H](O)[C@@H]1O. The average molecular weight is 221 g/mol. The van der Waals surface area contributed by atoms with Crippen molar-refractivity contribution in [1.29, 1.82) is 0 Å². The van der Waals surface area contributed by atoms with E-state index in [0.717, 1.165) is 0 Å². The number of ether oxygens (including phenoxy) is 1. The first kappa shape index (κ1) is 10.8. The van der Waals surface area contributed by atoms with Crippen molar-refractivity contribution in [2.24, 2.45) is 0 Å². The fraction of sp³-hybridized carbons (Fsp3) is 0.778. The molecule has 0 aromatic heterocycles. The van der Waals surface area contributed by atoms with Crippen LogP contribution >= 0.6 is 0 Å². The predicted octanol–water partition coefficient (Wildman–Crippen LogP) is -1.36. The second-order valence-corrected chi connectivity index (χ2v) is 3.64. The molecule has 0 aromatic rings. The van der Waals surface area contributed by atoms with Gasteiger partial charge in [0.25, 0.3) is 5.79 Å². The first-order valence-corrected chi connectivity index (χ1v) is 4.43. The van der Waals surface area contributed by atoms with Gasteiger partial charge in [-0.3, -0.25) is 0 Å². The highest BCUT2D eigenvalue weighted by molar-refractivity contribution is 5.15. The van der Waals surface area contributed by atoms with E-state index in [1.807, 2.05) is 0 Å². The largest absolute Gasteiger partial charge is 0.507 e. The summed E-state index contributed by atoms with van der Waals surface area (Å²) in [5, 5.41) is 47.6. The van der Waals surface area contributed by atoms with E-state index in [9.17, 15) is 25.5 Å². The maximum Gasteiger partial charge on any atom is 0.254 e. The van der Waals surface area contributed by atoms with Gasteiger partial charge in [0.2, 0.25) is 0 Å². The lowest BCUT2D eigenvalue weighted by molar-refractivity contribution is -0.312. The van der Waals surface area contributed by atoms with Crippen LogP contribution in [0.2, 0.25) is 0 Å². The quantitative estimate of drug-likeness (QED) is 0.350. The Morgan fingerprint density at radius 3 is 2.60 bits per heavy atom. The number of hydrogen-bond acceptors (Lipinski definition) is 6. The molecule has 5 N–H and O–H groups in total. The second kappa shape index (κ2) is 4.07. The van der Waals surface area contributed by atoms with Crippen molar-refractivity contribution in [3.05, 3.63) is 11.3 Å². The lowest BCUT2D eigenvalue weighted by Crippen LogP contribution is -2.61. The van der Waals surface area contributed by atoms with Crippen molar-refractivity contribution in [2.75, 3.05) is 6.61 Å². The van der Waals surface area contributed by atoms with Crippen molar-refractivity contribution in [3.8, 4) is 0 Å². The Morgan fingerprint density at radius 1 is 1.47 bits per heavy atom. The Kier molecular flexibility index (Phi) is 2.94. The van der Waals surface area contributed by atoms with Crippen LogP contribution < -0.4 is 0 Å². The molecule has 1 heterocycles. The molecular weight excluding hydrogens is 204 g/mol. The molecule has 0 aromatic carbocycles. The molecule has 0 bridgehead atoms. The zero-order valence-corrected chi connectivity index (χ0v) is 8.29.